The molecule has 6 heteroatoms. The largest absolute Gasteiger partial charge is 0.375 e. The first-order valence-corrected chi connectivity index (χ1v) is 6.46. The summed E-state index contributed by atoms with van der Waals surface area (Å²) >= 11 is 0. The van der Waals surface area contributed by atoms with Gasteiger partial charge < -0.3 is 20.3 Å². The molecule has 104 valence electrons. The zero-order chi connectivity index (χ0) is 13.4. The highest BCUT2D eigenvalue weighted by Crippen LogP contribution is 2.03. The van der Waals surface area contributed by atoms with Crippen molar-refractivity contribution in [2.24, 2.45) is 0 Å². The summed E-state index contributed by atoms with van der Waals surface area (Å²) in [6, 6.07) is 0. The van der Waals surface area contributed by atoms with Gasteiger partial charge in [0.05, 0.1) is 25.7 Å². The SMILES string of the molecule is CCCNC(=O)CN(C)C(=O)CC1CNCCO1. The standard InChI is InChI=1S/C12H23N3O3/c1-3-4-14-11(16)9-15(2)12(17)7-10-8-13-5-6-18-10/h10,13H,3-9H2,1-2H3,(H,14,16). The van der Waals surface area contributed by atoms with Gasteiger partial charge in [-0.1, -0.05) is 6.92 Å². The van der Waals surface area contributed by atoms with Gasteiger partial charge in [0, 0.05) is 26.7 Å². The van der Waals surface area contributed by atoms with Crippen molar-refractivity contribution in [1.82, 2.24) is 15.5 Å². The molecular formula is C12H23N3O3. The Bertz CT molecular complexity index is 278. The Hall–Kier alpha value is -1.14. The van der Waals surface area contributed by atoms with Gasteiger partial charge in [0.1, 0.15) is 0 Å². The summed E-state index contributed by atoms with van der Waals surface area (Å²) in [5, 5.41) is 5.92. The van der Waals surface area contributed by atoms with Crippen molar-refractivity contribution in [3.05, 3.63) is 0 Å². The Labute approximate surface area is 108 Å². The topological polar surface area (TPSA) is 70.7 Å². The summed E-state index contributed by atoms with van der Waals surface area (Å²) < 4.78 is 5.46. The zero-order valence-electron chi connectivity index (χ0n) is 11.2. The molecule has 1 heterocycles. The third-order valence-electron chi connectivity index (χ3n) is 2.79. The molecule has 2 N–H and O–H groups in total. The van der Waals surface area contributed by atoms with E-state index in [1.165, 1.54) is 4.90 Å². The number of carbonyl (C=O) groups is 2. The zero-order valence-corrected chi connectivity index (χ0v) is 11.2. The first kappa shape index (κ1) is 14.9. The molecule has 1 fully saturated rings. The fourth-order valence-electron chi connectivity index (χ4n) is 1.73. The summed E-state index contributed by atoms with van der Waals surface area (Å²) in [6.07, 6.45) is 1.14. The molecule has 0 aromatic heterocycles. The highest BCUT2D eigenvalue weighted by atomic mass is 16.5. The number of carbonyl (C=O) groups excluding carboxylic acids is 2. The van der Waals surface area contributed by atoms with E-state index in [9.17, 15) is 9.59 Å². The fraction of sp³-hybridized carbons (Fsp3) is 0.833. The molecule has 0 aliphatic carbocycles. The molecule has 1 unspecified atom stereocenters. The van der Waals surface area contributed by atoms with E-state index in [1.54, 1.807) is 7.05 Å². The van der Waals surface area contributed by atoms with Crippen LogP contribution in [0.25, 0.3) is 0 Å². The predicted molar refractivity (Wildman–Crippen MR) is 68.2 cm³/mol. The number of rotatable bonds is 6. The summed E-state index contributed by atoms with van der Waals surface area (Å²) in [7, 11) is 1.64. The second-order valence-corrected chi connectivity index (χ2v) is 4.50. The molecule has 0 radical (unpaired) electrons. The number of likely N-dealkylation sites (N-methyl/N-ethyl adjacent to an activating group) is 1. The summed E-state index contributed by atoms with van der Waals surface area (Å²) in [5.41, 5.74) is 0. The van der Waals surface area contributed by atoms with Gasteiger partial charge in [0.2, 0.25) is 11.8 Å². The summed E-state index contributed by atoms with van der Waals surface area (Å²) in [4.78, 5) is 24.8. The van der Waals surface area contributed by atoms with Crippen LogP contribution in [0.1, 0.15) is 19.8 Å². The lowest BCUT2D eigenvalue weighted by Crippen LogP contribution is -2.43. The maximum absolute atomic E-state index is 11.9. The van der Waals surface area contributed by atoms with Crippen molar-refractivity contribution < 1.29 is 14.3 Å². The smallest absolute Gasteiger partial charge is 0.239 e. The highest BCUT2D eigenvalue weighted by Gasteiger charge is 2.20. The average molecular weight is 257 g/mol. The molecule has 6 nitrogen and oxygen atoms in total. The molecule has 0 aromatic carbocycles. The van der Waals surface area contributed by atoms with Crippen molar-refractivity contribution in [3.8, 4) is 0 Å². The number of hydrogen-bond donors (Lipinski definition) is 2. The van der Waals surface area contributed by atoms with Crippen LogP contribution < -0.4 is 10.6 Å². The van der Waals surface area contributed by atoms with E-state index < -0.39 is 0 Å². The number of nitrogens with one attached hydrogen (secondary N) is 2. The Kier molecular flexibility index (Phi) is 6.67. The van der Waals surface area contributed by atoms with Crippen LogP contribution in [0.4, 0.5) is 0 Å². The molecule has 1 aliphatic rings. The van der Waals surface area contributed by atoms with E-state index in [-0.39, 0.29) is 24.5 Å². The number of ether oxygens (including phenoxy) is 1. The van der Waals surface area contributed by atoms with Crippen LogP contribution in [0.15, 0.2) is 0 Å². The number of hydrogen-bond acceptors (Lipinski definition) is 4. The van der Waals surface area contributed by atoms with E-state index in [2.05, 4.69) is 10.6 Å². The van der Waals surface area contributed by atoms with Gasteiger partial charge in [-0.15, -0.1) is 0 Å². The van der Waals surface area contributed by atoms with Gasteiger partial charge in [0.25, 0.3) is 0 Å². The third-order valence-corrected chi connectivity index (χ3v) is 2.79. The molecule has 2 amide bonds. The highest BCUT2D eigenvalue weighted by molar-refractivity contribution is 5.84. The summed E-state index contributed by atoms with van der Waals surface area (Å²) in [5.74, 6) is -0.175. The second kappa shape index (κ2) is 8.05. The number of morpholine rings is 1. The van der Waals surface area contributed by atoms with Gasteiger partial charge in [-0.25, -0.2) is 0 Å². The van der Waals surface area contributed by atoms with E-state index >= 15 is 0 Å². The molecule has 0 saturated carbocycles. The Morgan fingerprint density at radius 3 is 2.89 bits per heavy atom. The van der Waals surface area contributed by atoms with E-state index in [1.807, 2.05) is 6.92 Å². The van der Waals surface area contributed by atoms with Crippen molar-refractivity contribution in [3.63, 3.8) is 0 Å². The van der Waals surface area contributed by atoms with Gasteiger partial charge in [0.15, 0.2) is 0 Å². The Balaban J connectivity index is 2.25. The Morgan fingerprint density at radius 1 is 1.50 bits per heavy atom. The van der Waals surface area contributed by atoms with Gasteiger partial charge >= 0.3 is 0 Å². The van der Waals surface area contributed by atoms with Crippen LogP contribution in [0.2, 0.25) is 0 Å². The second-order valence-electron chi connectivity index (χ2n) is 4.50. The normalized spacial score (nSPS) is 19.3. The molecule has 1 aliphatic heterocycles. The van der Waals surface area contributed by atoms with Crippen LogP contribution in [0.5, 0.6) is 0 Å². The molecule has 0 aromatic rings. The molecule has 1 saturated heterocycles. The maximum atomic E-state index is 11.9. The molecule has 0 spiro atoms. The van der Waals surface area contributed by atoms with Gasteiger partial charge in [-0.2, -0.15) is 0 Å². The van der Waals surface area contributed by atoms with E-state index in [4.69, 9.17) is 4.74 Å². The minimum Gasteiger partial charge on any atom is -0.375 e. The first-order valence-electron chi connectivity index (χ1n) is 6.46. The van der Waals surface area contributed by atoms with Crippen LogP contribution in [0.3, 0.4) is 0 Å². The predicted octanol–water partition coefficient (Wildman–Crippen LogP) is -0.650. The van der Waals surface area contributed by atoms with Gasteiger partial charge in [-0.3, -0.25) is 9.59 Å². The molecule has 0 bridgehead atoms. The minimum atomic E-state index is -0.115. The molecule has 18 heavy (non-hydrogen) atoms. The van der Waals surface area contributed by atoms with Crippen LogP contribution in [0, 0.1) is 0 Å². The average Bonchev–Trinajstić information content (AvgIpc) is 2.37. The minimum absolute atomic E-state index is 0.0599. The van der Waals surface area contributed by atoms with Gasteiger partial charge in [-0.05, 0) is 6.42 Å². The van der Waals surface area contributed by atoms with Crippen molar-refractivity contribution in [1.29, 1.82) is 0 Å². The monoisotopic (exact) mass is 257 g/mol. The van der Waals surface area contributed by atoms with Crippen LogP contribution in [-0.2, 0) is 14.3 Å². The lowest BCUT2D eigenvalue weighted by atomic mass is 10.2. The fourth-order valence-corrected chi connectivity index (χ4v) is 1.73. The number of amides is 2. The van der Waals surface area contributed by atoms with Crippen molar-refractivity contribution in [2.75, 3.05) is 39.8 Å². The Morgan fingerprint density at radius 2 is 2.28 bits per heavy atom. The summed E-state index contributed by atoms with van der Waals surface area (Å²) in [6.45, 7) is 4.91. The van der Waals surface area contributed by atoms with E-state index in [0.29, 0.717) is 26.1 Å². The van der Waals surface area contributed by atoms with Crippen molar-refractivity contribution >= 4 is 11.8 Å². The molecular weight excluding hydrogens is 234 g/mol. The lowest BCUT2D eigenvalue weighted by Gasteiger charge is -2.25. The van der Waals surface area contributed by atoms with E-state index in [0.717, 1.165) is 13.0 Å². The number of nitrogens with zero attached hydrogens (tertiary/aromatic N) is 1. The quantitative estimate of drug-likeness (QED) is 0.663. The first-order chi connectivity index (χ1) is 8.63. The third kappa shape index (κ3) is 5.46. The van der Waals surface area contributed by atoms with Crippen LogP contribution >= 0.6 is 0 Å². The van der Waals surface area contributed by atoms with Crippen LogP contribution in [-0.4, -0.2) is 62.7 Å². The molecule has 1 atom stereocenters. The molecule has 1 rings (SSSR count). The lowest BCUT2D eigenvalue weighted by molar-refractivity contribution is -0.137. The van der Waals surface area contributed by atoms with Crippen molar-refractivity contribution in [2.45, 2.75) is 25.9 Å². The maximum Gasteiger partial charge on any atom is 0.239 e.